The molecule has 0 radical (unpaired) electrons. The van der Waals surface area contributed by atoms with Crippen molar-refractivity contribution in [1.82, 2.24) is 0 Å². The molecule has 0 aliphatic heterocycles. The summed E-state index contributed by atoms with van der Waals surface area (Å²) in [5, 5.41) is 0. The molecule has 0 nitrogen and oxygen atoms in total. The van der Waals surface area contributed by atoms with Gasteiger partial charge < -0.3 is 0 Å². The third-order valence-electron chi connectivity index (χ3n) is 5.58. The van der Waals surface area contributed by atoms with E-state index in [0.717, 1.165) is 4.90 Å². The van der Waals surface area contributed by atoms with Crippen LogP contribution in [-0.4, -0.2) is 43.8 Å². The van der Waals surface area contributed by atoms with Gasteiger partial charge in [-0.1, -0.05) is 66.7 Å². The molecule has 45 heavy (non-hydrogen) atoms. The van der Waals surface area contributed by atoms with Crippen LogP contribution in [0.15, 0.2) is 173 Å². The lowest BCUT2D eigenvalue weighted by atomic mass is 10.4. The zero-order valence-electron chi connectivity index (χ0n) is 27.0. The maximum atomic E-state index is 4.08. The summed E-state index contributed by atoms with van der Waals surface area (Å²) in [6.45, 7) is 0. The van der Waals surface area contributed by atoms with Crippen molar-refractivity contribution in [1.29, 1.82) is 0 Å². The first-order valence-corrected chi connectivity index (χ1v) is 22.8. The second-order valence-electron chi connectivity index (χ2n) is 8.45. The Labute approximate surface area is 308 Å². The highest BCUT2D eigenvalue weighted by atomic mass is 32.2. The molecule has 8 heteroatoms. The van der Waals surface area contributed by atoms with Gasteiger partial charge in [0.2, 0.25) is 0 Å². The van der Waals surface area contributed by atoms with Crippen LogP contribution in [-0.2, 0) is 0 Å². The number of thiol groups is 1. The van der Waals surface area contributed by atoms with Gasteiger partial charge in [-0.25, -0.2) is 0 Å². The fraction of sp³-hybridized carbons (Fsp3) is 0.189. The highest BCUT2D eigenvalue weighted by molar-refractivity contribution is 8.03. The van der Waals surface area contributed by atoms with Crippen molar-refractivity contribution in [2.75, 3.05) is 43.8 Å². The van der Waals surface area contributed by atoms with Crippen molar-refractivity contribution in [3.8, 4) is 0 Å². The van der Waals surface area contributed by atoms with Gasteiger partial charge in [0.25, 0.3) is 0 Å². The molecule has 0 unspecified atom stereocenters. The molecule has 0 bridgehead atoms. The van der Waals surface area contributed by atoms with E-state index in [1.54, 1.807) is 47.0 Å². The van der Waals surface area contributed by atoms with Crippen LogP contribution in [0.3, 0.4) is 0 Å². The summed E-state index contributed by atoms with van der Waals surface area (Å²) in [7, 11) is 0. The van der Waals surface area contributed by atoms with E-state index in [1.165, 1.54) is 34.3 Å². The number of hydrogen-bond acceptors (Lipinski definition) is 8. The van der Waals surface area contributed by atoms with Crippen LogP contribution in [0.5, 0.6) is 0 Å². The van der Waals surface area contributed by atoms with Crippen LogP contribution in [0.25, 0.3) is 0 Å². The van der Waals surface area contributed by atoms with Crippen molar-refractivity contribution in [3.05, 3.63) is 133 Å². The highest BCUT2D eigenvalue weighted by Gasteiger charge is 2.04. The topological polar surface area (TPSA) is 0 Å². The van der Waals surface area contributed by atoms with E-state index < -0.39 is 0 Å². The number of hydrogen-bond donors (Lipinski definition) is 1. The van der Waals surface area contributed by atoms with Gasteiger partial charge in [0, 0.05) is 39.2 Å². The Kier molecular flexibility index (Phi) is 26.0. The van der Waals surface area contributed by atoms with Gasteiger partial charge in [-0.15, -0.1) is 95.0 Å². The molecule has 5 aromatic rings. The summed E-state index contributed by atoms with van der Waals surface area (Å²) in [4.78, 5) is 10.5. The molecule has 0 aliphatic rings. The van der Waals surface area contributed by atoms with Crippen LogP contribution >= 0.6 is 95.0 Å². The van der Waals surface area contributed by atoms with Crippen LogP contribution in [0, 0.1) is 0 Å². The first-order valence-electron chi connectivity index (χ1n) is 13.8. The SMILES string of the molecule is CSc1cccc(SC)c1.CSc1cccc(SC)c1SC.CSc1ccccc1.CSc1ccccc1.Sc1ccccc1. The summed E-state index contributed by atoms with van der Waals surface area (Å²) in [5.41, 5.74) is 0. The second-order valence-corrected chi connectivity index (χ2v) is 15.0. The summed E-state index contributed by atoms with van der Waals surface area (Å²) < 4.78 is 0. The monoisotopic (exact) mass is 744 g/mol. The Balaban J connectivity index is 0.000000285. The molecule has 5 aromatic carbocycles. The van der Waals surface area contributed by atoms with Crippen LogP contribution in [0.1, 0.15) is 0 Å². The second kappa shape index (κ2) is 28.0. The van der Waals surface area contributed by atoms with E-state index in [-0.39, 0.29) is 0 Å². The molecule has 0 N–H and O–H groups in total. The summed E-state index contributed by atoms with van der Waals surface area (Å²) in [6, 6.07) is 45.5. The van der Waals surface area contributed by atoms with Gasteiger partial charge in [-0.3, -0.25) is 0 Å². The van der Waals surface area contributed by atoms with E-state index >= 15 is 0 Å². The minimum Gasteiger partial charge on any atom is -0.143 e. The Morgan fingerprint density at radius 1 is 0.333 bits per heavy atom. The minimum absolute atomic E-state index is 1.02. The predicted octanol–water partition coefficient (Wildman–Crippen LogP) is 13.8. The number of benzene rings is 5. The van der Waals surface area contributed by atoms with Crippen molar-refractivity contribution in [3.63, 3.8) is 0 Å². The van der Waals surface area contributed by atoms with Gasteiger partial charge in [0.15, 0.2) is 0 Å². The first kappa shape index (κ1) is 41.9. The molecular weight excluding hydrogens is 701 g/mol. The fourth-order valence-electron chi connectivity index (χ4n) is 3.29. The lowest BCUT2D eigenvalue weighted by Gasteiger charge is -2.08. The predicted molar refractivity (Wildman–Crippen MR) is 222 cm³/mol. The summed E-state index contributed by atoms with van der Waals surface area (Å²) >= 11 is 16.7. The molecule has 0 aliphatic carbocycles. The zero-order valence-corrected chi connectivity index (χ0v) is 33.6. The molecular formula is C37H44S8. The molecule has 0 atom stereocenters. The molecule has 5 rings (SSSR count). The molecule has 0 spiro atoms. The molecule has 0 aromatic heterocycles. The number of thioether (sulfide) groups is 7. The lowest BCUT2D eigenvalue weighted by molar-refractivity contribution is 1.13. The average molecular weight is 745 g/mol. The van der Waals surface area contributed by atoms with E-state index in [2.05, 4.69) is 123 Å². The van der Waals surface area contributed by atoms with E-state index in [9.17, 15) is 0 Å². The first-order chi connectivity index (χ1) is 22.0. The Morgan fingerprint density at radius 3 is 0.933 bits per heavy atom. The minimum atomic E-state index is 1.02. The maximum Gasteiger partial charge on any atom is 0.0341 e. The molecule has 240 valence electrons. The average Bonchev–Trinajstić information content (AvgIpc) is 3.13. The van der Waals surface area contributed by atoms with Gasteiger partial charge >= 0.3 is 0 Å². The summed E-state index contributed by atoms with van der Waals surface area (Å²) in [6.07, 6.45) is 14.7. The zero-order chi connectivity index (χ0) is 33.1. The highest BCUT2D eigenvalue weighted by Crippen LogP contribution is 2.35. The smallest absolute Gasteiger partial charge is 0.0341 e. The molecule has 0 heterocycles. The van der Waals surface area contributed by atoms with Crippen LogP contribution in [0.4, 0.5) is 0 Å². The van der Waals surface area contributed by atoms with E-state index in [0.29, 0.717) is 0 Å². The maximum absolute atomic E-state index is 4.08. The Bertz CT molecular complexity index is 1320. The van der Waals surface area contributed by atoms with Gasteiger partial charge in [-0.2, -0.15) is 0 Å². The third-order valence-corrected chi connectivity index (χ3v) is 11.5. The molecule has 0 fully saturated rings. The normalized spacial score (nSPS) is 9.51. The van der Waals surface area contributed by atoms with Crippen molar-refractivity contribution >= 4 is 95.0 Å². The van der Waals surface area contributed by atoms with Crippen molar-refractivity contribution in [2.24, 2.45) is 0 Å². The summed E-state index contributed by atoms with van der Waals surface area (Å²) in [5.74, 6) is 0. The quantitative estimate of drug-likeness (QED) is 0.128. The van der Waals surface area contributed by atoms with Crippen molar-refractivity contribution < 1.29 is 0 Å². The molecule has 0 saturated heterocycles. The fourth-order valence-corrected chi connectivity index (χ4v) is 7.94. The third kappa shape index (κ3) is 19.3. The van der Waals surface area contributed by atoms with E-state index in [1.807, 2.05) is 102 Å². The van der Waals surface area contributed by atoms with E-state index in [4.69, 9.17) is 0 Å². The van der Waals surface area contributed by atoms with Crippen LogP contribution in [0.2, 0.25) is 0 Å². The van der Waals surface area contributed by atoms with Gasteiger partial charge in [0.05, 0.1) is 0 Å². The van der Waals surface area contributed by atoms with Gasteiger partial charge in [-0.05, 0) is 111 Å². The van der Waals surface area contributed by atoms with Gasteiger partial charge in [0.1, 0.15) is 0 Å². The lowest BCUT2D eigenvalue weighted by Crippen LogP contribution is -1.80. The van der Waals surface area contributed by atoms with Crippen molar-refractivity contribution in [2.45, 2.75) is 39.2 Å². The Morgan fingerprint density at radius 2 is 0.667 bits per heavy atom. The number of rotatable bonds is 7. The molecule has 0 amide bonds. The Hall–Kier alpha value is -1.10. The standard InChI is InChI=1S/C9H12S3.C8H10S2.2C7H8S.C6H6S/c1-10-7-5-4-6-8(11-2)9(7)12-3;1-9-7-4-3-5-8(6-7)10-2;2*1-8-7-5-3-2-4-6-7;7-6-4-2-1-3-5-6/h4-6H,1-3H3;3-6H,1-2H3;2*2-6H,1H3;1-5,7H. The molecule has 0 saturated carbocycles. The van der Waals surface area contributed by atoms with Crippen LogP contribution < -0.4 is 0 Å². The largest absolute Gasteiger partial charge is 0.143 e.